The lowest BCUT2D eigenvalue weighted by Gasteiger charge is -2.11. The summed E-state index contributed by atoms with van der Waals surface area (Å²) in [7, 11) is 1.99. The number of rotatable bonds is 2. The van der Waals surface area contributed by atoms with Crippen LogP contribution in [0.3, 0.4) is 0 Å². The van der Waals surface area contributed by atoms with Crippen molar-refractivity contribution in [1.82, 2.24) is 15.1 Å². The molecule has 0 fully saturated rings. The molecule has 0 aliphatic carbocycles. The van der Waals surface area contributed by atoms with E-state index in [1.807, 2.05) is 17.9 Å². The van der Waals surface area contributed by atoms with Gasteiger partial charge in [0.25, 0.3) is 0 Å². The topological polar surface area (TPSA) is 39.1 Å². The summed E-state index contributed by atoms with van der Waals surface area (Å²) in [5, 5.41) is 7.61. The van der Waals surface area contributed by atoms with E-state index in [1.165, 1.54) is 5.56 Å². The monoisotopic (exact) mass is 195 g/mol. The van der Waals surface area contributed by atoms with Crippen LogP contribution >= 0.6 is 0 Å². The maximum absolute atomic E-state index is 5.70. The predicted octanol–water partition coefficient (Wildman–Crippen LogP) is 0.816. The van der Waals surface area contributed by atoms with Gasteiger partial charge in [0, 0.05) is 11.6 Å². The van der Waals surface area contributed by atoms with Gasteiger partial charge in [0.1, 0.15) is 0 Å². The Hall–Kier alpha value is -1.03. The lowest BCUT2D eigenvalue weighted by atomic mass is 10.2. The van der Waals surface area contributed by atoms with Gasteiger partial charge < -0.3 is 10.1 Å². The van der Waals surface area contributed by atoms with Crippen molar-refractivity contribution in [2.24, 2.45) is 0 Å². The van der Waals surface area contributed by atoms with Crippen LogP contribution in [0.5, 0.6) is 5.88 Å². The van der Waals surface area contributed by atoms with Crippen LogP contribution in [0, 0.1) is 0 Å². The molecule has 0 saturated carbocycles. The molecule has 4 heteroatoms. The highest BCUT2D eigenvalue weighted by molar-refractivity contribution is 5.24. The molecule has 1 aliphatic rings. The maximum Gasteiger partial charge on any atom is 0.215 e. The molecule has 14 heavy (non-hydrogen) atoms. The third-order valence-corrected chi connectivity index (χ3v) is 2.75. The van der Waals surface area contributed by atoms with Gasteiger partial charge in [-0.1, -0.05) is 6.92 Å². The standard InChI is InChI=1S/C10H17N3O/c1-3-8-6-12-13-7-9(11-2)4-5-14-10(8)13/h6,9,11H,3-5,7H2,1-2H3/t9-/m0/s1. The number of aryl methyl sites for hydroxylation is 1. The predicted molar refractivity (Wildman–Crippen MR) is 54.6 cm³/mol. The zero-order valence-electron chi connectivity index (χ0n) is 8.79. The molecule has 1 aliphatic heterocycles. The molecule has 0 unspecified atom stereocenters. The minimum absolute atomic E-state index is 0.473. The van der Waals surface area contributed by atoms with Gasteiger partial charge in [0.2, 0.25) is 5.88 Å². The molecular formula is C10H17N3O. The number of aromatic nitrogens is 2. The number of likely N-dealkylation sites (N-methyl/N-ethyl adjacent to an activating group) is 1. The van der Waals surface area contributed by atoms with Gasteiger partial charge in [-0.3, -0.25) is 0 Å². The molecule has 0 spiro atoms. The Balaban J connectivity index is 2.24. The number of fused-ring (bicyclic) bond motifs is 1. The summed E-state index contributed by atoms with van der Waals surface area (Å²) in [5.74, 6) is 0.963. The summed E-state index contributed by atoms with van der Waals surface area (Å²) in [6, 6.07) is 0.473. The third kappa shape index (κ3) is 1.62. The highest BCUT2D eigenvalue weighted by atomic mass is 16.5. The fraction of sp³-hybridized carbons (Fsp3) is 0.700. The summed E-state index contributed by atoms with van der Waals surface area (Å²) in [6.45, 7) is 3.82. The maximum atomic E-state index is 5.70. The van der Waals surface area contributed by atoms with Crippen molar-refractivity contribution < 1.29 is 4.74 Å². The third-order valence-electron chi connectivity index (χ3n) is 2.75. The number of ether oxygens (including phenoxy) is 1. The molecule has 78 valence electrons. The van der Waals surface area contributed by atoms with E-state index in [1.54, 1.807) is 0 Å². The first kappa shape index (κ1) is 9.52. The second-order valence-corrected chi connectivity index (χ2v) is 3.63. The fourth-order valence-corrected chi connectivity index (χ4v) is 1.79. The second kappa shape index (κ2) is 4.00. The Kier molecular flexibility index (Phi) is 2.72. The van der Waals surface area contributed by atoms with Crippen molar-refractivity contribution in [3.05, 3.63) is 11.8 Å². The average Bonchev–Trinajstić information content (AvgIpc) is 2.47. The van der Waals surface area contributed by atoms with Crippen molar-refractivity contribution in [2.45, 2.75) is 32.4 Å². The molecule has 4 nitrogen and oxygen atoms in total. The fourth-order valence-electron chi connectivity index (χ4n) is 1.79. The molecule has 0 saturated heterocycles. The number of hydrogen-bond donors (Lipinski definition) is 1. The summed E-state index contributed by atoms with van der Waals surface area (Å²) in [5.41, 5.74) is 1.21. The zero-order chi connectivity index (χ0) is 9.97. The molecule has 0 radical (unpaired) electrons. The molecule has 1 aromatic heterocycles. The second-order valence-electron chi connectivity index (χ2n) is 3.63. The van der Waals surface area contributed by atoms with E-state index in [0.717, 1.165) is 31.9 Å². The van der Waals surface area contributed by atoms with E-state index in [9.17, 15) is 0 Å². The molecule has 0 aromatic carbocycles. The van der Waals surface area contributed by atoms with Crippen LogP contribution in [-0.2, 0) is 13.0 Å². The quantitative estimate of drug-likeness (QED) is 0.759. The van der Waals surface area contributed by atoms with Crippen molar-refractivity contribution in [3.8, 4) is 5.88 Å². The molecule has 1 atom stereocenters. The highest BCUT2D eigenvalue weighted by Crippen LogP contribution is 2.22. The molecular weight excluding hydrogens is 178 g/mol. The lowest BCUT2D eigenvalue weighted by Crippen LogP contribution is -2.29. The minimum atomic E-state index is 0.473. The van der Waals surface area contributed by atoms with Crippen LogP contribution in [0.2, 0.25) is 0 Å². The molecule has 1 N–H and O–H groups in total. The summed E-state index contributed by atoms with van der Waals surface area (Å²) in [6.07, 6.45) is 3.94. The molecule has 0 amide bonds. The van der Waals surface area contributed by atoms with Crippen LogP contribution in [0.15, 0.2) is 6.20 Å². The minimum Gasteiger partial charge on any atom is -0.478 e. The summed E-state index contributed by atoms with van der Waals surface area (Å²) >= 11 is 0. The Morgan fingerprint density at radius 2 is 2.57 bits per heavy atom. The molecule has 0 bridgehead atoms. The molecule has 2 heterocycles. The van der Waals surface area contributed by atoms with E-state index in [-0.39, 0.29) is 0 Å². The van der Waals surface area contributed by atoms with Crippen LogP contribution in [0.1, 0.15) is 18.9 Å². The Labute approximate surface area is 84.3 Å². The van der Waals surface area contributed by atoms with Crippen molar-refractivity contribution >= 4 is 0 Å². The average molecular weight is 195 g/mol. The van der Waals surface area contributed by atoms with E-state index < -0.39 is 0 Å². The van der Waals surface area contributed by atoms with E-state index in [2.05, 4.69) is 17.3 Å². The Bertz CT molecular complexity index is 308. The van der Waals surface area contributed by atoms with Crippen molar-refractivity contribution in [1.29, 1.82) is 0 Å². The van der Waals surface area contributed by atoms with E-state index in [4.69, 9.17) is 4.74 Å². The smallest absolute Gasteiger partial charge is 0.215 e. The first-order chi connectivity index (χ1) is 6.85. The summed E-state index contributed by atoms with van der Waals surface area (Å²) in [4.78, 5) is 0. The van der Waals surface area contributed by atoms with Crippen molar-refractivity contribution in [2.75, 3.05) is 13.7 Å². The largest absolute Gasteiger partial charge is 0.478 e. The molecule has 2 rings (SSSR count). The van der Waals surface area contributed by atoms with E-state index >= 15 is 0 Å². The Morgan fingerprint density at radius 1 is 1.71 bits per heavy atom. The van der Waals surface area contributed by atoms with Crippen LogP contribution < -0.4 is 10.1 Å². The summed E-state index contributed by atoms with van der Waals surface area (Å²) < 4.78 is 7.67. The van der Waals surface area contributed by atoms with Gasteiger partial charge in [-0.05, 0) is 19.9 Å². The first-order valence-corrected chi connectivity index (χ1v) is 5.20. The number of nitrogens with one attached hydrogen (secondary N) is 1. The highest BCUT2D eigenvalue weighted by Gasteiger charge is 2.18. The Morgan fingerprint density at radius 3 is 3.29 bits per heavy atom. The van der Waals surface area contributed by atoms with Gasteiger partial charge in [0.15, 0.2) is 0 Å². The van der Waals surface area contributed by atoms with Crippen LogP contribution in [0.4, 0.5) is 0 Å². The van der Waals surface area contributed by atoms with Crippen LogP contribution in [-0.4, -0.2) is 29.5 Å². The van der Waals surface area contributed by atoms with Crippen LogP contribution in [0.25, 0.3) is 0 Å². The SMILES string of the molecule is CCc1cnn2c1OCC[C@H](NC)C2. The number of nitrogens with zero attached hydrogens (tertiary/aromatic N) is 2. The number of hydrogen-bond acceptors (Lipinski definition) is 3. The van der Waals surface area contributed by atoms with Gasteiger partial charge in [-0.25, -0.2) is 4.68 Å². The van der Waals surface area contributed by atoms with Gasteiger partial charge in [0.05, 0.1) is 19.3 Å². The van der Waals surface area contributed by atoms with E-state index in [0.29, 0.717) is 6.04 Å². The van der Waals surface area contributed by atoms with Crippen molar-refractivity contribution in [3.63, 3.8) is 0 Å². The zero-order valence-corrected chi connectivity index (χ0v) is 8.79. The van der Waals surface area contributed by atoms with Gasteiger partial charge in [-0.2, -0.15) is 5.10 Å². The lowest BCUT2D eigenvalue weighted by molar-refractivity contribution is 0.294. The normalized spacial score (nSPS) is 21.1. The first-order valence-electron chi connectivity index (χ1n) is 5.20. The molecule has 1 aromatic rings. The van der Waals surface area contributed by atoms with Gasteiger partial charge in [-0.15, -0.1) is 0 Å². The van der Waals surface area contributed by atoms with Gasteiger partial charge >= 0.3 is 0 Å².